The van der Waals surface area contributed by atoms with Crippen molar-refractivity contribution in [2.24, 2.45) is 0 Å². The van der Waals surface area contributed by atoms with E-state index >= 15 is 0 Å². The molecule has 0 aliphatic carbocycles. The number of carbonyl (C=O) groups is 1. The standard InChI is InChI=1S/C20H21N5O2/c1-14-9-10-15-6-3-4-8-18(15)25(14)19(26)13-24-12-17(22-23-24)16-7-5-11-21-20(16)27-2/h3-8,11-12,14H,9-10,13H2,1-2H3. The Morgan fingerprint density at radius 2 is 2.11 bits per heavy atom. The topological polar surface area (TPSA) is 73.1 Å². The molecule has 0 fully saturated rings. The quantitative estimate of drug-likeness (QED) is 0.713. The Balaban J connectivity index is 1.57. The van der Waals surface area contributed by atoms with Gasteiger partial charge in [0.1, 0.15) is 12.2 Å². The molecule has 138 valence electrons. The second-order valence-electron chi connectivity index (χ2n) is 6.64. The smallest absolute Gasteiger partial charge is 0.249 e. The largest absolute Gasteiger partial charge is 0.481 e. The Morgan fingerprint density at radius 1 is 1.26 bits per heavy atom. The summed E-state index contributed by atoms with van der Waals surface area (Å²) in [6, 6.07) is 11.9. The zero-order chi connectivity index (χ0) is 18.8. The molecule has 1 aromatic carbocycles. The van der Waals surface area contributed by atoms with Crippen molar-refractivity contribution in [2.75, 3.05) is 12.0 Å². The predicted molar refractivity (Wildman–Crippen MR) is 102 cm³/mol. The van der Waals surface area contributed by atoms with Crippen LogP contribution in [0, 0.1) is 0 Å². The first-order chi connectivity index (χ1) is 13.2. The molecular weight excluding hydrogens is 342 g/mol. The van der Waals surface area contributed by atoms with E-state index in [1.54, 1.807) is 24.2 Å². The van der Waals surface area contributed by atoms with Crippen LogP contribution >= 0.6 is 0 Å². The molecule has 0 spiro atoms. The van der Waals surface area contributed by atoms with E-state index in [4.69, 9.17) is 4.74 Å². The summed E-state index contributed by atoms with van der Waals surface area (Å²) in [7, 11) is 1.56. The summed E-state index contributed by atoms with van der Waals surface area (Å²) in [5.74, 6) is 0.485. The van der Waals surface area contributed by atoms with Crippen LogP contribution in [0.1, 0.15) is 18.9 Å². The Kier molecular flexibility index (Phi) is 4.58. The van der Waals surface area contributed by atoms with Gasteiger partial charge in [-0.15, -0.1) is 5.10 Å². The molecule has 1 amide bonds. The van der Waals surface area contributed by atoms with Crippen molar-refractivity contribution < 1.29 is 9.53 Å². The first-order valence-electron chi connectivity index (χ1n) is 8.97. The zero-order valence-electron chi connectivity index (χ0n) is 15.4. The van der Waals surface area contributed by atoms with Gasteiger partial charge in [0.25, 0.3) is 0 Å². The van der Waals surface area contributed by atoms with E-state index < -0.39 is 0 Å². The molecular formula is C20H21N5O2. The van der Waals surface area contributed by atoms with E-state index in [0.29, 0.717) is 11.6 Å². The molecule has 7 nitrogen and oxygen atoms in total. The molecule has 0 N–H and O–H groups in total. The van der Waals surface area contributed by atoms with Crippen LogP contribution in [0.5, 0.6) is 5.88 Å². The van der Waals surface area contributed by atoms with Crippen molar-refractivity contribution in [1.29, 1.82) is 0 Å². The highest BCUT2D eigenvalue weighted by Crippen LogP contribution is 2.31. The minimum absolute atomic E-state index is 0.00394. The number of aryl methyl sites for hydroxylation is 1. The Bertz CT molecular complexity index is 968. The zero-order valence-corrected chi connectivity index (χ0v) is 15.4. The number of nitrogens with zero attached hydrogens (tertiary/aromatic N) is 5. The number of rotatable bonds is 4. The maximum atomic E-state index is 13.0. The highest BCUT2D eigenvalue weighted by atomic mass is 16.5. The first-order valence-corrected chi connectivity index (χ1v) is 8.97. The van der Waals surface area contributed by atoms with E-state index in [9.17, 15) is 4.79 Å². The number of fused-ring (bicyclic) bond motifs is 1. The lowest BCUT2D eigenvalue weighted by Crippen LogP contribution is -2.43. The summed E-state index contributed by atoms with van der Waals surface area (Å²) in [5, 5.41) is 8.30. The number of hydrogen-bond donors (Lipinski definition) is 0. The molecule has 0 saturated heterocycles. The fourth-order valence-corrected chi connectivity index (χ4v) is 3.53. The molecule has 1 aliphatic rings. The van der Waals surface area contributed by atoms with Gasteiger partial charge in [-0.3, -0.25) is 4.79 Å². The van der Waals surface area contributed by atoms with E-state index in [1.807, 2.05) is 35.2 Å². The van der Waals surface area contributed by atoms with E-state index in [1.165, 1.54) is 5.56 Å². The van der Waals surface area contributed by atoms with Crippen molar-refractivity contribution in [3.63, 3.8) is 0 Å². The van der Waals surface area contributed by atoms with Gasteiger partial charge >= 0.3 is 0 Å². The molecule has 0 radical (unpaired) electrons. The van der Waals surface area contributed by atoms with Crippen molar-refractivity contribution in [2.45, 2.75) is 32.4 Å². The predicted octanol–water partition coefficient (Wildman–Crippen LogP) is 2.72. The molecule has 7 heteroatoms. The number of amides is 1. The minimum Gasteiger partial charge on any atom is -0.481 e. The van der Waals surface area contributed by atoms with Gasteiger partial charge in [-0.1, -0.05) is 23.4 Å². The van der Waals surface area contributed by atoms with Crippen LogP contribution in [-0.4, -0.2) is 39.0 Å². The van der Waals surface area contributed by atoms with Crippen molar-refractivity contribution >= 4 is 11.6 Å². The molecule has 0 saturated carbocycles. The third kappa shape index (κ3) is 3.28. The molecule has 3 heterocycles. The van der Waals surface area contributed by atoms with Crippen LogP contribution in [0.15, 0.2) is 48.8 Å². The molecule has 0 bridgehead atoms. The third-order valence-corrected chi connectivity index (χ3v) is 4.87. The van der Waals surface area contributed by atoms with Gasteiger partial charge < -0.3 is 9.64 Å². The average Bonchev–Trinajstić information content (AvgIpc) is 3.16. The lowest BCUT2D eigenvalue weighted by atomic mass is 9.96. The Morgan fingerprint density at radius 3 is 2.96 bits per heavy atom. The van der Waals surface area contributed by atoms with E-state index in [-0.39, 0.29) is 18.5 Å². The molecule has 27 heavy (non-hydrogen) atoms. The molecule has 1 aliphatic heterocycles. The van der Waals surface area contributed by atoms with Gasteiger partial charge in [0.05, 0.1) is 18.9 Å². The van der Waals surface area contributed by atoms with Crippen LogP contribution in [0.4, 0.5) is 5.69 Å². The van der Waals surface area contributed by atoms with Gasteiger partial charge in [-0.05, 0) is 43.5 Å². The highest BCUT2D eigenvalue weighted by Gasteiger charge is 2.28. The normalized spacial score (nSPS) is 16.1. The highest BCUT2D eigenvalue weighted by molar-refractivity contribution is 5.95. The summed E-state index contributed by atoms with van der Waals surface area (Å²) in [5.41, 5.74) is 3.58. The molecule has 3 aromatic rings. The fraction of sp³-hybridized carbons (Fsp3) is 0.300. The summed E-state index contributed by atoms with van der Waals surface area (Å²) in [6.07, 6.45) is 5.36. The number of benzene rings is 1. The molecule has 4 rings (SSSR count). The summed E-state index contributed by atoms with van der Waals surface area (Å²) in [6.45, 7) is 2.22. The second kappa shape index (κ2) is 7.19. The second-order valence-corrected chi connectivity index (χ2v) is 6.64. The summed E-state index contributed by atoms with van der Waals surface area (Å²) in [4.78, 5) is 19.1. The van der Waals surface area contributed by atoms with Gasteiger partial charge in [-0.25, -0.2) is 9.67 Å². The average molecular weight is 363 g/mol. The number of hydrogen-bond acceptors (Lipinski definition) is 5. The fourth-order valence-electron chi connectivity index (χ4n) is 3.53. The number of pyridine rings is 1. The van der Waals surface area contributed by atoms with Crippen molar-refractivity contribution in [3.8, 4) is 17.1 Å². The van der Waals surface area contributed by atoms with E-state index in [2.05, 4.69) is 28.3 Å². The molecule has 1 atom stereocenters. The number of anilines is 1. The van der Waals surface area contributed by atoms with Crippen LogP contribution < -0.4 is 9.64 Å². The number of methoxy groups -OCH3 is 1. The van der Waals surface area contributed by atoms with Crippen LogP contribution in [0.3, 0.4) is 0 Å². The third-order valence-electron chi connectivity index (χ3n) is 4.87. The van der Waals surface area contributed by atoms with Gasteiger partial charge in [0.2, 0.25) is 11.8 Å². The maximum absolute atomic E-state index is 13.0. The lowest BCUT2D eigenvalue weighted by molar-refractivity contribution is -0.119. The Hall–Kier alpha value is -3.22. The minimum atomic E-state index is 0.00394. The number of carbonyl (C=O) groups excluding carboxylic acids is 1. The number of ether oxygens (including phenoxy) is 1. The molecule has 1 unspecified atom stereocenters. The summed E-state index contributed by atoms with van der Waals surface area (Å²) < 4.78 is 6.84. The van der Waals surface area contributed by atoms with Gasteiger partial charge in [0, 0.05) is 17.9 Å². The van der Waals surface area contributed by atoms with Gasteiger partial charge in [-0.2, -0.15) is 0 Å². The van der Waals surface area contributed by atoms with Crippen LogP contribution in [0.2, 0.25) is 0 Å². The van der Waals surface area contributed by atoms with Crippen LogP contribution in [0.25, 0.3) is 11.3 Å². The summed E-state index contributed by atoms with van der Waals surface area (Å²) >= 11 is 0. The van der Waals surface area contributed by atoms with Crippen molar-refractivity contribution in [1.82, 2.24) is 20.0 Å². The number of para-hydroxylation sites is 1. The van der Waals surface area contributed by atoms with Crippen LogP contribution in [-0.2, 0) is 17.8 Å². The van der Waals surface area contributed by atoms with E-state index in [0.717, 1.165) is 24.1 Å². The SMILES string of the molecule is COc1ncccc1-c1cn(CC(=O)N2c3ccccc3CCC2C)nn1. The monoisotopic (exact) mass is 363 g/mol. The lowest BCUT2D eigenvalue weighted by Gasteiger charge is -2.35. The first kappa shape index (κ1) is 17.2. The van der Waals surface area contributed by atoms with Crippen molar-refractivity contribution in [3.05, 3.63) is 54.4 Å². The molecule has 2 aromatic heterocycles. The maximum Gasteiger partial charge on any atom is 0.249 e. The Labute approximate surface area is 157 Å². The van der Waals surface area contributed by atoms with Gasteiger partial charge in [0.15, 0.2) is 0 Å². The number of aromatic nitrogens is 4.